The van der Waals surface area contributed by atoms with Crippen molar-refractivity contribution in [3.63, 3.8) is 0 Å². The number of carbonyl (C=O) groups is 1. The maximum atomic E-state index is 13.3. The predicted molar refractivity (Wildman–Crippen MR) is 57.7 cm³/mol. The monoisotopic (exact) mass is 258 g/mol. The van der Waals surface area contributed by atoms with Crippen molar-refractivity contribution in [2.75, 3.05) is 0 Å². The van der Waals surface area contributed by atoms with E-state index >= 15 is 0 Å². The van der Waals surface area contributed by atoms with E-state index in [9.17, 15) is 9.18 Å². The van der Waals surface area contributed by atoms with E-state index in [1.807, 2.05) is 6.92 Å². The molecule has 0 spiro atoms. The lowest BCUT2D eigenvalue weighted by atomic mass is 10.1. The minimum absolute atomic E-state index is 0.0914. The highest BCUT2D eigenvalue weighted by atomic mass is 79.9. The Hall–Kier alpha value is -0.700. The van der Waals surface area contributed by atoms with Crippen molar-refractivity contribution in [2.45, 2.75) is 26.2 Å². The van der Waals surface area contributed by atoms with Crippen LogP contribution in [0.5, 0.6) is 0 Å². The zero-order valence-electron chi connectivity index (χ0n) is 8.02. The van der Waals surface area contributed by atoms with Crippen molar-refractivity contribution in [3.8, 4) is 0 Å². The van der Waals surface area contributed by atoms with Gasteiger partial charge < -0.3 is 0 Å². The van der Waals surface area contributed by atoms with Crippen LogP contribution in [-0.2, 0) is 11.2 Å². The fourth-order valence-electron chi connectivity index (χ4n) is 1.24. The third-order valence-corrected chi connectivity index (χ3v) is 2.42. The molecule has 0 radical (unpaired) electrons. The molecule has 0 aliphatic carbocycles. The first-order chi connectivity index (χ1) is 6.63. The molecule has 0 bridgehead atoms. The summed E-state index contributed by atoms with van der Waals surface area (Å²) in [6.07, 6.45) is 1.54. The largest absolute Gasteiger partial charge is 0.299 e. The second kappa shape index (κ2) is 5.25. The molecule has 0 saturated carbocycles. The lowest BCUT2D eigenvalue weighted by molar-refractivity contribution is -0.118. The molecule has 0 heterocycles. The first-order valence-corrected chi connectivity index (χ1v) is 5.38. The van der Waals surface area contributed by atoms with Crippen LogP contribution in [-0.4, -0.2) is 5.78 Å². The number of hydrogen-bond acceptors (Lipinski definition) is 1. The first-order valence-electron chi connectivity index (χ1n) is 4.59. The zero-order chi connectivity index (χ0) is 10.6. The highest BCUT2D eigenvalue weighted by molar-refractivity contribution is 9.10. The molecular weight excluding hydrogens is 247 g/mol. The zero-order valence-corrected chi connectivity index (χ0v) is 9.60. The van der Waals surface area contributed by atoms with Crippen LogP contribution in [0.15, 0.2) is 22.7 Å². The molecule has 0 aromatic heterocycles. The van der Waals surface area contributed by atoms with E-state index in [4.69, 9.17) is 0 Å². The summed E-state index contributed by atoms with van der Waals surface area (Å²) in [5.41, 5.74) is 0.478. The standard InChI is InChI=1S/C11H12BrFO/c1-2-3-10(14)6-8-4-5-9(12)7-11(8)13/h4-5,7H,2-3,6H2,1H3. The molecule has 1 nitrogen and oxygen atoms in total. The normalized spacial score (nSPS) is 10.2. The van der Waals surface area contributed by atoms with E-state index in [2.05, 4.69) is 15.9 Å². The van der Waals surface area contributed by atoms with Gasteiger partial charge in [0.25, 0.3) is 0 Å². The molecule has 14 heavy (non-hydrogen) atoms. The maximum Gasteiger partial charge on any atom is 0.137 e. The smallest absolute Gasteiger partial charge is 0.137 e. The molecule has 1 aromatic carbocycles. The van der Waals surface area contributed by atoms with Gasteiger partial charge in [-0.05, 0) is 24.1 Å². The van der Waals surface area contributed by atoms with Gasteiger partial charge in [0.15, 0.2) is 0 Å². The Bertz CT molecular complexity index is 336. The van der Waals surface area contributed by atoms with Gasteiger partial charge in [0, 0.05) is 17.3 Å². The molecule has 0 aliphatic heterocycles. The van der Waals surface area contributed by atoms with Crippen molar-refractivity contribution < 1.29 is 9.18 Å². The number of Topliss-reactive ketones (excluding diaryl/α,β-unsaturated/α-hetero) is 1. The summed E-state index contributed by atoms with van der Waals surface area (Å²) in [5, 5.41) is 0. The summed E-state index contributed by atoms with van der Waals surface area (Å²) in [5.74, 6) is -0.224. The minimum Gasteiger partial charge on any atom is -0.299 e. The summed E-state index contributed by atoms with van der Waals surface area (Å²) in [6, 6.07) is 4.78. The molecule has 0 atom stereocenters. The third kappa shape index (κ3) is 3.22. The predicted octanol–water partition coefficient (Wildman–Crippen LogP) is 3.50. The Balaban J connectivity index is 2.72. The van der Waals surface area contributed by atoms with Crippen molar-refractivity contribution in [1.82, 2.24) is 0 Å². The summed E-state index contributed by atoms with van der Waals surface area (Å²) in [6.45, 7) is 1.94. The van der Waals surface area contributed by atoms with Gasteiger partial charge >= 0.3 is 0 Å². The van der Waals surface area contributed by atoms with Crippen LogP contribution in [0.1, 0.15) is 25.3 Å². The molecule has 0 saturated heterocycles. The van der Waals surface area contributed by atoms with Crippen molar-refractivity contribution in [1.29, 1.82) is 0 Å². The van der Waals surface area contributed by atoms with Crippen LogP contribution in [0.4, 0.5) is 4.39 Å². The maximum absolute atomic E-state index is 13.3. The van der Waals surface area contributed by atoms with Crippen LogP contribution in [0.3, 0.4) is 0 Å². The fraction of sp³-hybridized carbons (Fsp3) is 0.364. The van der Waals surface area contributed by atoms with Crippen molar-refractivity contribution >= 4 is 21.7 Å². The number of ketones is 1. The summed E-state index contributed by atoms with van der Waals surface area (Å²) < 4.78 is 14.0. The van der Waals surface area contributed by atoms with E-state index in [0.717, 1.165) is 6.42 Å². The van der Waals surface area contributed by atoms with Gasteiger partial charge in [-0.1, -0.05) is 28.9 Å². The number of carbonyl (C=O) groups excluding carboxylic acids is 1. The molecular formula is C11H12BrFO. The lowest BCUT2D eigenvalue weighted by Crippen LogP contribution is -2.03. The number of hydrogen-bond donors (Lipinski definition) is 0. The molecule has 3 heteroatoms. The average Bonchev–Trinajstić information content (AvgIpc) is 2.10. The Morgan fingerprint density at radius 3 is 2.79 bits per heavy atom. The first kappa shape index (κ1) is 11.4. The lowest BCUT2D eigenvalue weighted by Gasteiger charge is -2.02. The molecule has 0 aliphatic rings. The number of rotatable bonds is 4. The van der Waals surface area contributed by atoms with Gasteiger partial charge in [-0.25, -0.2) is 4.39 Å². The summed E-state index contributed by atoms with van der Waals surface area (Å²) >= 11 is 3.17. The van der Waals surface area contributed by atoms with E-state index in [1.54, 1.807) is 12.1 Å². The van der Waals surface area contributed by atoms with Crippen LogP contribution in [0.2, 0.25) is 0 Å². The van der Waals surface area contributed by atoms with E-state index in [0.29, 0.717) is 16.5 Å². The summed E-state index contributed by atoms with van der Waals surface area (Å²) in [4.78, 5) is 11.3. The second-order valence-electron chi connectivity index (χ2n) is 3.20. The third-order valence-electron chi connectivity index (χ3n) is 1.93. The SMILES string of the molecule is CCCC(=O)Cc1ccc(Br)cc1F. The Kier molecular flexibility index (Phi) is 4.26. The molecule has 1 rings (SSSR count). The number of halogens is 2. The quantitative estimate of drug-likeness (QED) is 0.808. The molecule has 76 valence electrons. The van der Waals surface area contributed by atoms with E-state index < -0.39 is 0 Å². The second-order valence-corrected chi connectivity index (χ2v) is 4.12. The molecule has 0 N–H and O–H groups in total. The minimum atomic E-state index is -0.316. The summed E-state index contributed by atoms with van der Waals surface area (Å²) in [7, 11) is 0. The van der Waals surface area contributed by atoms with Gasteiger partial charge in [-0.15, -0.1) is 0 Å². The fourth-order valence-corrected chi connectivity index (χ4v) is 1.58. The van der Waals surface area contributed by atoms with Gasteiger partial charge in [0.2, 0.25) is 0 Å². The number of benzene rings is 1. The topological polar surface area (TPSA) is 17.1 Å². The molecule has 0 unspecified atom stereocenters. The van der Waals surface area contributed by atoms with Crippen LogP contribution >= 0.6 is 15.9 Å². The van der Waals surface area contributed by atoms with E-state index in [-0.39, 0.29) is 18.0 Å². The Morgan fingerprint density at radius 1 is 1.50 bits per heavy atom. The molecule has 1 aromatic rings. The van der Waals surface area contributed by atoms with Gasteiger partial charge in [0.05, 0.1) is 0 Å². The van der Waals surface area contributed by atoms with Gasteiger partial charge in [0.1, 0.15) is 11.6 Å². The van der Waals surface area contributed by atoms with Crippen LogP contribution < -0.4 is 0 Å². The van der Waals surface area contributed by atoms with Gasteiger partial charge in [-0.3, -0.25) is 4.79 Å². The van der Waals surface area contributed by atoms with E-state index in [1.165, 1.54) is 6.07 Å². The van der Waals surface area contributed by atoms with Crippen molar-refractivity contribution in [2.24, 2.45) is 0 Å². The molecule has 0 fully saturated rings. The highest BCUT2D eigenvalue weighted by Crippen LogP contribution is 2.16. The van der Waals surface area contributed by atoms with Crippen molar-refractivity contribution in [3.05, 3.63) is 34.1 Å². The highest BCUT2D eigenvalue weighted by Gasteiger charge is 2.07. The Morgan fingerprint density at radius 2 is 2.21 bits per heavy atom. The molecule has 0 amide bonds. The average molecular weight is 259 g/mol. The van der Waals surface area contributed by atoms with Gasteiger partial charge in [-0.2, -0.15) is 0 Å². The van der Waals surface area contributed by atoms with Crippen LogP contribution in [0, 0.1) is 5.82 Å². The van der Waals surface area contributed by atoms with Crippen LogP contribution in [0.25, 0.3) is 0 Å². The Labute approximate surface area is 91.5 Å².